The second kappa shape index (κ2) is 13.1. The molecule has 39 heavy (non-hydrogen) atoms. The van der Waals surface area contributed by atoms with E-state index in [-0.39, 0.29) is 36.9 Å². The Balaban J connectivity index is 1.72. The van der Waals surface area contributed by atoms with Gasteiger partial charge in [-0.2, -0.15) is 13.2 Å². The number of nitrogens with zero attached hydrogens (tertiary/aromatic N) is 2. The topological polar surface area (TPSA) is 93.8 Å². The Morgan fingerprint density at radius 2 is 1.87 bits per heavy atom. The number of amides is 3. The lowest BCUT2D eigenvalue weighted by atomic mass is 10.1. The molecular weight excluding hydrogens is 549 g/mol. The first kappa shape index (κ1) is 30.1. The predicted molar refractivity (Wildman–Crippen MR) is 136 cm³/mol. The molecule has 2 aromatic carbocycles. The molecule has 1 aliphatic heterocycles. The summed E-state index contributed by atoms with van der Waals surface area (Å²) in [5, 5.41) is 7.37. The maximum Gasteiger partial charge on any atom is 0.390 e. The average molecular weight is 576 g/mol. The van der Waals surface area contributed by atoms with E-state index in [4.69, 9.17) is 11.6 Å². The van der Waals surface area contributed by atoms with E-state index in [1.54, 1.807) is 17.9 Å². The minimum absolute atomic E-state index is 0.127. The predicted octanol–water partition coefficient (Wildman–Crippen LogP) is 3.70. The van der Waals surface area contributed by atoms with Gasteiger partial charge in [0.05, 0.1) is 29.9 Å². The lowest BCUT2D eigenvalue weighted by Crippen LogP contribution is -2.52. The van der Waals surface area contributed by atoms with Crippen LogP contribution in [0.15, 0.2) is 30.3 Å². The van der Waals surface area contributed by atoms with E-state index in [1.165, 1.54) is 12.1 Å². The first-order valence-corrected chi connectivity index (χ1v) is 12.3. The molecule has 0 radical (unpaired) electrons. The molecule has 212 valence electrons. The maximum absolute atomic E-state index is 14.8. The molecule has 8 nitrogen and oxygen atoms in total. The summed E-state index contributed by atoms with van der Waals surface area (Å²) in [4.78, 5) is 38.3. The van der Waals surface area contributed by atoms with E-state index in [2.05, 4.69) is 16.0 Å². The van der Waals surface area contributed by atoms with E-state index < -0.39 is 41.6 Å². The molecule has 0 spiro atoms. The minimum Gasteiger partial charge on any atom is -0.367 e. The van der Waals surface area contributed by atoms with E-state index in [0.717, 1.165) is 12.1 Å². The van der Waals surface area contributed by atoms with Gasteiger partial charge in [0.2, 0.25) is 12.3 Å². The SMILES string of the molecule is C[C@H]1CN(c2cc(Cl)ccc2NC(=O)c2ccc(CNC(=O)CNC=O)c(F)c2F)CCN1CCC(F)(F)F. The van der Waals surface area contributed by atoms with Gasteiger partial charge in [0.1, 0.15) is 0 Å². The van der Waals surface area contributed by atoms with Crippen LogP contribution in [-0.4, -0.2) is 68.1 Å². The van der Waals surface area contributed by atoms with Gasteiger partial charge in [0.25, 0.3) is 5.91 Å². The number of hydrogen-bond donors (Lipinski definition) is 3. The van der Waals surface area contributed by atoms with Crippen molar-refractivity contribution in [3.8, 4) is 0 Å². The fraction of sp³-hybridized carbons (Fsp3) is 0.400. The molecule has 1 atom stereocenters. The first-order valence-electron chi connectivity index (χ1n) is 12.0. The zero-order valence-electron chi connectivity index (χ0n) is 20.9. The summed E-state index contributed by atoms with van der Waals surface area (Å²) >= 11 is 6.16. The average Bonchev–Trinajstić information content (AvgIpc) is 2.88. The van der Waals surface area contributed by atoms with Crippen LogP contribution >= 0.6 is 11.6 Å². The van der Waals surface area contributed by atoms with Crippen molar-refractivity contribution in [3.63, 3.8) is 0 Å². The normalized spacial score (nSPS) is 16.1. The van der Waals surface area contributed by atoms with Crippen LogP contribution in [-0.2, 0) is 16.1 Å². The van der Waals surface area contributed by atoms with Crippen LogP contribution < -0.4 is 20.9 Å². The second-order valence-corrected chi connectivity index (χ2v) is 9.42. The van der Waals surface area contributed by atoms with Crippen LogP contribution in [0.25, 0.3) is 0 Å². The zero-order valence-corrected chi connectivity index (χ0v) is 21.6. The van der Waals surface area contributed by atoms with Gasteiger partial charge < -0.3 is 20.9 Å². The molecule has 0 unspecified atom stereocenters. The van der Waals surface area contributed by atoms with Gasteiger partial charge in [-0.3, -0.25) is 19.3 Å². The van der Waals surface area contributed by atoms with Gasteiger partial charge >= 0.3 is 6.18 Å². The molecule has 1 heterocycles. The summed E-state index contributed by atoms with van der Waals surface area (Å²) in [5.41, 5.74) is -0.0222. The molecule has 14 heteroatoms. The van der Waals surface area contributed by atoms with E-state index in [0.29, 0.717) is 36.8 Å². The fourth-order valence-electron chi connectivity index (χ4n) is 4.17. The highest BCUT2D eigenvalue weighted by molar-refractivity contribution is 6.31. The summed E-state index contributed by atoms with van der Waals surface area (Å²) in [5.74, 6) is -4.27. The van der Waals surface area contributed by atoms with Crippen LogP contribution in [0.2, 0.25) is 5.02 Å². The van der Waals surface area contributed by atoms with Crippen LogP contribution in [0.1, 0.15) is 29.3 Å². The molecule has 3 N–H and O–H groups in total. The Kier molecular flexibility index (Phi) is 10.1. The number of alkyl halides is 3. The molecule has 0 saturated carbocycles. The second-order valence-electron chi connectivity index (χ2n) is 8.99. The van der Waals surface area contributed by atoms with Crippen molar-refractivity contribution < 1.29 is 36.3 Å². The molecule has 1 aliphatic rings. The van der Waals surface area contributed by atoms with Crippen molar-refractivity contribution in [1.29, 1.82) is 0 Å². The van der Waals surface area contributed by atoms with Gasteiger partial charge in [-0.15, -0.1) is 0 Å². The number of rotatable bonds is 10. The Bertz CT molecular complexity index is 1210. The number of halogens is 6. The third-order valence-corrected chi connectivity index (χ3v) is 6.46. The van der Waals surface area contributed by atoms with E-state index >= 15 is 0 Å². The number of carbonyl (C=O) groups excluding carboxylic acids is 3. The number of anilines is 2. The van der Waals surface area contributed by atoms with Crippen molar-refractivity contribution >= 4 is 41.2 Å². The smallest absolute Gasteiger partial charge is 0.367 e. The number of hydrogen-bond acceptors (Lipinski definition) is 5. The lowest BCUT2D eigenvalue weighted by Gasteiger charge is -2.41. The summed E-state index contributed by atoms with van der Waals surface area (Å²) in [6.45, 7) is 2.03. The Morgan fingerprint density at radius 1 is 1.13 bits per heavy atom. The standard InChI is InChI=1S/C25H27ClF5N5O3/c1-15-13-36(9-8-35(15)7-6-25(29,30)31)20-10-17(26)3-5-19(20)34-24(39)18-4-2-16(22(27)23(18)28)11-33-21(38)12-32-14-37/h2-5,10,14-15H,6-9,11-13H2,1H3,(H,32,37)(H,33,38)(H,34,39)/t15-/m0/s1. The van der Waals surface area contributed by atoms with Crippen molar-refractivity contribution in [3.05, 3.63) is 58.1 Å². The lowest BCUT2D eigenvalue weighted by molar-refractivity contribution is -0.139. The first-order chi connectivity index (χ1) is 18.4. The molecule has 1 saturated heterocycles. The molecule has 0 bridgehead atoms. The van der Waals surface area contributed by atoms with Crippen LogP contribution in [0.3, 0.4) is 0 Å². The van der Waals surface area contributed by atoms with Gasteiger partial charge in [-0.1, -0.05) is 17.7 Å². The molecular formula is C25H27ClF5N5O3. The third kappa shape index (κ3) is 8.27. The summed E-state index contributed by atoms with van der Waals surface area (Å²) in [6, 6.07) is 6.60. The number of nitrogens with one attached hydrogen (secondary N) is 3. The summed E-state index contributed by atoms with van der Waals surface area (Å²) in [7, 11) is 0. The van der Waals surface area contributed by atoms with Gasteiger partial charge in [0.15, 0.2) is 11.6 Å². The van der Waals surface area contributed by atoms with E-state index in [1.807, 2.05) is 4.90 Å². The van der Waals surface area contributed by atoms with Crippen LogP contribution in [0.5, 0.6) is 0 Å². The van der Waals surface area contributed by atoms with Crippen molar-refractivity contribution in [2.24, 2.45) is 0 Å². The third-order valence-electron chi connectivity index (χ3n) is 6.23. The highest BCUT2D eigenvalue weighted by Crippen LogP contribution is 2.32. The van der Waals surface area contributed by atoms with Gasteiger partial charge in [-0.05, 0) is 31.2 Å². The van der Waals surface area contributed by atoms with Crippen molar-refractivity contribution in [2.75, 3.05) is 42.9 Å². The summed E-state index contributed by atoms with van der Waals surface area (Å²) in [6.07, 6.45) is -4.85. The number of benzene rings is 2. The Morgan fingerprint density at radius 3 is 2.54 bits per heavy atom. The van der Waals surface area contributed by atoms with Gasteiger partial charge in [0, 0.05) is 49.4 Å². The summed E-state index contributed by atoms with van der Waals surface area (Å²) < 4.78 is 67.4. The molecule has 1 fully saturated rings. The molecule has 3 rings (SSSR count). The number of carbonyl (C=O) groups is 3. The largest absolute Gasteiger partial charge is 0.390 e. The van der Waals surface area contributed by atoms with Crippen molar-refractivity contribution in [2.45, 2.75) is 32.1 Å². The molecule has 2 aromatic rings. The molecule has 0 aromatic heterocycles. The van der Waals surface area contributed by atoms with Crippen LogP contribution in [0.4, 0.5) is 33.3 Å². The molecule has 0 aliphatic carbocycles. The van der Waals surface area contributed by atoms with Gasteiger partial charge in [-0.25, -0.2) is 8.78 Å². The van der Waals surface area contributed by atoms with Crippen LogP contribution in [0, 0.1) is 11.6 Å². The quantitative estimate of drug-likeness (QED) is 0.297. The maximum atomic E-state index is 14.8. The highest BCUT2D eigenvalue weighted by atomic mass is 35.5. The molecule has 3 amide bonds. The fourth-order valence-corrected chi connectivity index (χ4v) is 4.34. The van der Waals surface area contributed by atoms with E-state index in [9.17, 15) is 36.3 Å². The monoisotopic (exact) mass is 575 g/mol. The Labute approximate surface area is 226 Å². The zero-order chi connectivity index (χ0) is 28.7. The minimum atomic E-state index is -4.25. The Hall–Kier alpha value is -3.45. The highest BCUT2D eigenvalue weighted by Gasteiger charge is 2.31. The number of piperazine rings is 1. The van der Waals surface area contributed by atoms with Crippen molar-refractivity contribution in [1.82, 2.24) is 15.5 Å².